The highest BCUT2D eigenvalue weighted by atomic mass is 35.5. The summed E-state index contributed by atoms with van der Waals surface area (Å²) >= 11 is 12.2. The number of benzene rings is 2. The zero-order valence-corrected chi connectivity index (χ0v) is 14.8. The number of halogens is 2. The van der Waals surface area contributed by atoms with Gasteiger partial charge in [0.25, 0.3) is 5.91 Å². The summed E-state index contributed by atoms with van der Waals surface area (Å²) in [6.07, 6.45) is 0.580. The zero-order chi connectivity index (χ0) is 17.7. The van der Waals surface area contributed by atoms with Crippen LogP contribution in [0.4, 0.5) is 4.79 Å². The van der Waals surface area contributed by atoms with Gasteiger partial charge in [-0.25, -0.2) is 4.79 Å². The van der Waals surface area contributed by atoms with Gasteiger partial charge in [0.15, 0.2) is 5.54 Å². The van der Waals surface area contributed by atoms with E-state index in [0.717, 1.165) is 11.1 Å². The van der Waals surface area contributed by atoms with Crippen LogP contribution in [0.15, 0.2) is 60.7 Å². The normalized spacial score (nSPS) is 23.4. The summed E-state index contributed by atoms with van der Waals surface area (Å²) in [5.41, 5.74) is 0.220. The Hall–Kier alpha value is -2.04. The number of amides is 3. The summed E-state index contributed by atoms with van der Waals surface area (Å²) in [7, 11) is 0. The molecular weight excluding hydrogens is 359 g/mol. The zero-order valence-electron chi connectivity index (χ0n) is 13.3. The van der Waals surface area contributed by atoms with Crippen LogP contribution in [0.5, 0.6) is 0 Å². The third-order valence-electron chi connectivity index (χ3n) is 4.88. The molecule has 0 bridgehead atoms. The lowest BCUT2D eigenvalue weighted by Gasteiger charge is -2.28. The molecule has 2 fully saturated rings. The molecule has 1 unspecified atom stereocenters. The van der Waals surface area contributed by atoms with Gasteiger partial charge in [0.1, 0.15) is 4.33 Å². The van der Waals surface area contributed by atoms with Gasteiger partial charge in [-0.1, -0.05) is 60.7 Å². The summed E-state index contributed by atoms with van der Waals surface area (Å²) < 4.78 is -0.842. The molecule has 4 nitrogen and oxygen atoms in total. The van der Waals surface area contributed by atoms with Gasteiger partial charge in [-0.05, 0) is 17.5 Å². The number of alkyl halides is 2. The molecule has 1 heterocycles. The van der Waals surface area contributed by atoms with Crippen molar-refractivity contribution < 1.29 is 9.59 Å². The molecular formula is C19H16Cl2N2O2. The smallest absolute Gasteiger partial charge is 0.315 e. The second kappa shape index (κ2) is 5.75. The minimum Gasteiger partial charge on any atom is -0.315 e. The van der Waals surface area contributed by atoms with E-state index in [1.54, 1.807) is 0 Å². The maximum Gasteiger partial charge on any atom is 0.325 e. The topological polar surface area (TPSA) is 49.4 Å². The predicted octanol–water partition coefficient (Wildman–Crippen LogP) is 3.68. The highest BCUT2D eigenvalue weighted by Crippen LogP contribution is 2.54. The Morgan fingerprint density at radius 2 is 1.44 bits per heavy atom. The number of imide groups is 1. The maximum absolute atomic E-state index is 13.4. The van der Waals surface area contributed by atoms with E-state index in [0.29, 0.717) is 6.42 Å². The number of carbonyl (C=O) groups excluding carboxylic acids is 2. The van der Waals surface area contributed by atoms with Gasteiger partial charge in [0, 0.05) is 12.5 Å². The summed E-state index contributed by atoms with van der Waals surface area (Å²) in [6.45, 7) is 0.221. The van der Waals surface area contributed by atoms with Gasteiger partial charge in [-0.15, -0.1) is 23.2 Å². The number of nitrogens with zero attached hydrogens (tertiary/aromatic N) is 1. The molecule has 3 amide bonds. The lowest BCUT2D eigenvalue weighted by atomic mass is 9.82. The van der Waals surface area contributed by atoms with Gasteiger partial charge in [0.05, 0.1) is 0 Å². The SMILES string of the molecule is O=C1NC(c2ccccc2)(c2ccccc2)C(=O)N1CC1CC1(Cl)Cl. The monoisotopic (exact) mass is 374 g/mol. The summed E-state index contributed by atoms with van der Waals surface area (Å²) in [5.74, 6) is -0.390. The van der Waals surface area contributed by atoms with Gasteiger partial charge in [0.2, 0.25) is 0 Å². The molecule has 0 spiro atoms. The largest absolute Gasteiger partial charge is 0.325 e. The van der Waals surface area contributed by atoms with Crippen molar-refractivity contribution in [2.24, 2.45) is 5.92 Å². The first-order valence-corrected chi connectivity index (χ1v) is 8.84. The van der Waals surface area contributed by atoms with Gasteiger partial charge in [-0.2, -0.15) is 0 Å². The van der Waals surface area contributed by atoms with E-state index in [2.05, 4.69) is 5.32 Å². The molecule has 25 heavy (non-hydrogen) atoms. The van der Waals surface area contributed by atoms with Crippen molar-refractivity contribution in [2.45, 2.75) is 16.3 Å². The molecule has 1 aliphatic carbocycles. The highest BCUT2D eigenvalue weighted by Gasteiger charge is 2.58. The Kier molecular flexibility index (Phi) is 3.78. The van der Waals surface area contributed by atoms with Gasteiger partial charge in [-0.3, -0.25) is 9.69 Å². The molecule has 0 aromatic heterocycles. The van der Waals surface area contributed by atoms with Crippen LogP contribution in [-0.4, -0.2) is 27.7 Å². The minimum atomic E-state index is -1.23. The van der Waals surface area contributed by atoms with E-state index in [-0.39, 0.29) is 18.4 Å². The highest BCUT2D eigenvalue weighted by molar-refractivity contribution is 6.50. The lowest BCUT2D eigenvalue weighted by molar-refractivity contribution is -0.130. The quantitative estimate of drug-likeness (QED) is 0.655. The molecule has 2 aliphatic rings. The fourth-order valence-corrected chi connectivity index (χ4v) is 3.87. The first-order valence-electron chi connectivity index (χ1n) is 8.08. The maximum atomic E-state index is 13.4. The minimum absolute atomic E-state index is 0.0899. The van der Waals surface area contributed by atoms with Crippen molar-refractivity contribution >= 4 is 35.1 Å². The van der Waals surface area contributed by atoms with Crippen LogP contribution in [0.25, 0.3) is 0 Å². The van der Waals surface area contributed by atoms with Crippen molar-refractivity contribution in [1.82, 2.24) is 10.2 Å². The van der Waals surface area contributed by atoms with E-state index >= 15 is 0 Å². The molecule has 1 saturated carbocycles. The molecule has 1 saturated heterocycles. The average molecular weight is 375 g/mol. The number of hydrogen-bond donors (Lipinski definition) is 1. The van der Waals surface area contributed by atoms with Gasteiger partial charge >= 0.3 is 6.03 Å². The summed E-state index contributed by atoms with van der Waals surface area (Å²) in [5, 5.41) is 2.91. The van der Waals surface area contributed by atoms with Crippen LogP contribution in [0, 0.1) is 5.92 Å². The Morgan fingerprint density at radius 3 is 1.88 bits per heavy atom. The Balaban J connectivity index is 1.77. The lowest BCUT2D eigenvalue weighted by Crippen LogP contribution is -2.45. The molecule has 2 aromatic carbocycles. The second-order valence-electron chi connectivity index (χ2n) is 6.49. The Bertz CT molecular complexity index is 784. The van der Waals surface area contributed by atoms with Crippen molar-refractivity contribution in [1.29, 1.82) is 0 Å². The molecule has 0 radical (unpaired) electrons. The summed E-state index contributed by atoms with van der Waals surface area (Å²) in [6, 6.07) is 18.1. The van der Waals surface area contributed by atoms with E-state index in [1.165, 1.54) is 4.90 Å². The van der Waals surface area contributed by atoms with E-state index < -0.39 is 15.9 Å². The standard InChI is InChI=1S/C19H16Cl2N2O2/c20-18(21)11-15(18)12-23-16(24)19(22-17(23)25,13-7-3-1-4-8-13)14-9-5-2-6-10-14/h1-10,15H,11-12H2,(H,22,25). The van der Waals surface area contributed by atoms with Crippen molar-refractivity contribution in [3.8, 4) is 0 Å². The molecule has 128 valence electrons. The first-order chi connectivity index (χ1) is 11.9. The first kappa shape index (κ1) is 16.4. The molecule has 6 heteroatoms. The van der Waals surface area contributed by atoms with Crippen LogP contribution in [0.1, 0.15) is 17.5 Å². The van der Waals surface area contributed by atoms with Crippen molar-refractivity contribution in [2.75, 3.05) is 6.54 Å². The van der Waals surface area contributed by atoms with Crippen LogP contribution in [0.3, 0.4) is 0 Å². The summed E-state index contributed by atoms with van der Waals surface area (Å²) in [4.78, 5) is 27.2. The second-order valence-corrected chi connectivity index (χ2v) is 8.03. The van der Waals surface area contributed by atoms with Crippen LogP contribution < -0.4 is 5.32 Å². The number of urea groups is 1. The van der Waals surface area contributed by atoms with Crippen LogP contribution in [0.2, 0.25) is 0 Å². The van der Waals surface area contributed by atoms with Crippen molar-refractivity contribution in [3.05, 3.63) is 71.8 Å². The molecule has 1 atom stereocenters. The predicted molar refractivity (Wildman–Crippen MR) is 96.5 cm³/mol. The molecule has 1 N–H and O–H groups in total. The van der Waals surface area contributed by atoms with Crippen LogP contribution in [-0.2, 0) is 10.3 Å². The fourth-order valence-electron chi connectivity index (χ4n) is 3.36. The van der Waals surface area contributed by atoms with E-state index in [1.807, 2.05) is 60.7 Å². The number of hydrogen-bond acceptors (Lipinski definition) is 2. The van der Waals surface area contributed by atoms with Gasteiger partial charge < -0.3 is 5.32 Å². The third kappa shape index (κ3) is 2.60. The molecule has 2 aromatic rings. The number of rotatable bonds is 4. The Labute approximate surface area is 155 Å². The third-order valence-corrected chi connectivity index (χ3v) is 5.80. The number of carbonyl (C=O) groups is 2. The van der Waals surface area contributed by atoms with Crippen LogP contribution >= 0.6 is 23.2 Å². The molecule has 4 rings (SSSR count). The number of nitrogens with one attached hydrogen (secondary N) is 1. The Morgan fingerprint density at radius 1 is 0.960 bits per heavy atom. The van der Waals surface area contributed by atoms with Crippen molar-refractivity contribution in [3.63, 3.8) is 0 Å². The average Bonchev–Trinajstić information content (AvgIpc) is 3.15. The van der Waals surface area contributed by atoms with E-state index in [9.17, 15) is 9.59 Å². The molecule has 1 aliphatic heterocycles. The fraction of sp³-hybridized carbons (Fsp3) is 0.263. The van der Waals surface area contributed by atoms with E-state index in [4.69, 9.17) is 23.2 Å².